The maximum atomic E-state index is 6.77. The fraction of sp³-hybridized carbons (Fsp3) is 0.556. The fourth-order valence-electron chi connectivity index (χ4n) is 6.85. The number of fused-ring (bicyclic) bond motifs is 4. The van der Waals surface area contributed by atoms with E-state index in [-0.39, 0.29) is 22.4 Å². The minimum absolute atomic E-state index is 0.212. The third kappa shape index (κ3) is 4.82. The molecule has 1 aromatic heterocycles. The standard InChI is InChI=1S/C36H44O4S/c1-33(2)15-11-21-19-22-12-16-34(3,4)38-30(22)27(29(21)37-33)25-9-10-26(41-25)28-31-23(13-17-35(5,6)39-31)20-24-14-18-36(7,8)40-32(24)28/h9-10,19-20H,11-18H2,1-8H3. The maximum absolute atomic E-state index is 6.77. The molecule has 5 heterocycles. The molecule has 41 heavy (non-hydrogen) atoms. The predicted molar refractivity (Wildman–Crippen MR) is 167 cm³/mol. The van der Waals surface area contributed by atoms with Crippen LogP contribution in [0.15, 0.2) is 24.3 Å². The van der Waals surface area contributed by atoms with Crippen LogP contribution in [-0.2, 0) is 25.7 Å². The lowest BCUT2D eigenvalue weighted by Gasteiger charge is -2.39. The highest BCUT2D eigenvalue weighted by Crippen LogP contribution is 2.56. The summed E-state index contributed by atoms with van der Waals surface area (Å²) < 4.78 is 27.1. The van der Waals surface area contributed by atoms with Crippen molar-refractivity contribution in [1.29, 1.82) is 0 Å². The minimum Gasteiger partial charge on any atom is -0.487 e. The number of rotatable bonds is 2. The zero-order chi connectivity index (χ0) is 28.9. The summed E-state index contributed by atoms with van der Waals surface area (Å²) in [6, 6.07) is 9.23. The Morgan fingerprint density at radius 3 is 1.00 bits per heavy atom. The van der Waals surface area contributed by atoms with Gasteiger partial charge in [-0.2, -0.15) is 0 Å². The highest BCUT2D eigenvalue weighted by atomic mass is 32.1. The maximum Gasteiger partial charge on any atom is 0.135 e. The van der Waals surface area contributed by atoms with Gasteiger partial charge in [-0.1, -0.05) is 0 Å². The molecule has 0 N–H and O–H groups in total. The summed E-state index contributed by atoms with van der Waals surface area (Å²) in [5.41, 5.74) is 6.62. The van der Waals surface area contributed by atoms with Crippen LogP contribution < -0.4 is 18.9 Å². The van der Waals surface area contributed by atoms with Crippen LogP contribution >= 0.6 is 11.3 Å². The van der Waals surface area contributed by atoms with Crippen LogP contribution in [0.4, 0.5) is 0 Å². The number of thiophene rings is 1. The van der Waals surface area contributed by atoms with E-state index in [4.69, 9.17) is 18.9 Å². The summed E-state index contributed by atoms with van der Waals surface area (Å²) in [5.74, 6) is 3.99. The third-order valence-electron chi connectivity index (χ3n) is 9.37. The molecule has 0 spiro atoms. The average Bonchev–Trinajstić information content (AvgIpc) is 3.34. The topological polar surface area (TPSA) is 36.9 Å². The van der Waals surface area contributed by atoms with Gasteiger partial charge in [0, 0.05) is 9.75 Å². The third-order valence-corrected chi connectivity index (χ3v) is 10.5. The van der Waals surface area contributed by atoms with Gasteiger partial charge in [-0.3, -0.25) is 0 Å². The molecule has 0 aliphatic carbocycles. The summed E-state index contributed by atoms with van der Waals surface area (Å²) in [6.45, 7) is 17.6. The van der Waals surface area contributed by atoms with Crippen LogP contribution in [0.1, 0.15) is 103 Å². The van der Waals surface area contributed by atoms with E-state index in [1.807, 2.05) is 11.3 Å². The molecule has 2 aromatic carbocycles. The van der Waals surface area contributed by atoms with Gasteiger partial charge in [0.1, 0.15) is 45.4 Å². The Morgan fingerprint density at radius 2 is 0.732 bits per heavy atom. The Kier molecular flexibility index (Phi) is 5.92. The highest BCUT2D eigenvalue weighted by molar-refractivity contribution is 7.19. The molecule has 0 unspecified atom stereocenters. The summed E-state index contributed by atoms with van der Waals surface area (Å²) >= 11 is 1.81. The number of hydrogen-bond acceptors (Lipinski definition) is 5. The highest BCUT2D eigenvalue weighted by Gasteiger charge is 2.39. The molecule has 4 aliphatic heterocycles. The Morgan fingerprint density at radius 1 is 0.463 bits per heavy atom. The van der Waals surface area contributed by atoms with E-state index >= 15 is 0 Å². The zero-order valence-corrected chi connectivity index (χ0v) is 26.8. The van der Waals surface area contributed by atoms with Gasteiger partial charge in [-0.15, -0.1) is 11.3 Å². The van der Waals surface area contributed by atoms with Crippen LogP contribution in [0.3, 0.4) is 0 Å². The number of benzene rings is 2. The molecule has 0 radical (unpaired) electrons. The average molecular weight is 573 g/mol. The minimum atomic E-state index is -0.212. The monoisotopic (exact) mass is 572 g/mol. The van der Waals surface area contributed by atoms with Crippen LogP contribution in [0.25, 0.3) is 20.9 Å². The summed E-state index contributed by atoms with van der Waals surface area (Å²) in [5, 5.41) is 0. The van der Waals surface area contributed by atoms with Crippen molar-refractivity contribution in [3.63, 3.8) is 0 Å². The SMILES string of the molecule is CC1(C)CCc2cc3c(c(-c4ccc(-c5c6c(cc7c5OC(C)(C)CC7)CCC(C)(C)O6)s4)c2O1)OC(C)(C)CC3. The molecule has 218 valence electrons. The van der Waals surface area contributed by atoms with Gasteiger partial charge in [0.25, 0.3) is 0 Å². The van der Waals surface area contributed by atoms with Gasteiger partial charge in [-0.25, -0.2) is 0 Å². The lowest BCUT2D eigenvalue weighted by Crippen LogP contribution is -2.35. The molecule has 5 heteroatoms. The van der Waals surface area contributed by atoms with Gasteiger partial charge < -0.3 is 18.9 Å². The second kappa shape index (κ2) is 8.92. The Hall–Kier alpha value is -2.66. The molecule has 7 rings (SSSR count). The number of aryl methyl sites for hydroxylation is 4. The molecular weight excluding hydrogens is 528 g/mol. The first-order valence-electron chi connectivity index (χ1n) is 15.4. The smallest absolute Gasteiger partial charge is 0.135 e. The molecular formula is C36H44O4S. The van der Waals surface area contributed by atoms with E-state index < -0.39 is 0 Å². The van der Waals surface area contributed by atoms with Crippen LogP contribution in [0.2, 0.25) is 0 Å². The zero-order valence-electron chi connectivity index (χ0n) is 26.0. The van der Waals surface area contributed by atoms with Crippen LogP contribution in [-0.4, -0.2) is 22.4 Å². The van der Waals surface area contributed by atoms with Crippen molar-refractivity contribution in [2.75, 3.05) is 0 Å². The Balaban J connectivity index is 1.43. The lowest BCUT2D eigenvalue weighted by atomic mass is 9.86. The van der Waals surface area contributed by atoms with E-state index in [2.05, 4.69) is 79.7 Å². The first kappa shape index (κ1) is 27.2. The Labute approximate surface area is 249 Å². The number of hydrogen-bond donors (Lipinski definition) is 0. The second-order valence-electron chi connectivity index (χ2n) is 15.1. The van der Waals surface area contributed by atoms with Crippen molar-refractivity contribution >= 4 is 11.3 Å². The second-order valence-corrected chi connectivity index (χ2v) is 16.2. The normalized spacial score (nSPS) is 22.4. The van der Waals surface area contributed by atoms with Gasteiger partial charge in [0.15, 0.2) is 0 Å². The molecule has 0 amide bonds. The first-order valence-corrected chi connectivity index (χ1v) is 16.3. The van der Waals surface area contributed by atoms with Gasteiger partial charge in [0.05, 0.1) is 11.1 Å². The predicted octanol–water partition coefficient (Wildman–Crippen LogP) is 9.50. The van der Waals surface area contributed by atoms with E-state index in [9.17, 15) is 0 Å². The molecule has 0 bridgehead atoms. The van der Waals surface area contributed by atoms with Crippen LogP contribution in [0.5, 0.6) is 23.0 Å². The summed E-state index contributed by atoms with van der Waals surface area (Å²) in [6.07, 6.45) is 8.16. The van der Waals surface area contributed by atoms with Crippen molar-refractivity contribution in [2.24, 2.45) is 0 Å². The fourth-order valence-corrected chi connectivity index (χ4v) is 7.93. The molecule has 4 nitrogen and oxygen atoms in total. The molecule has 0 saturated carbocycles. The first-order chi connectivity index (χ1) is 19.2. The van der Waals surface area contributed by atoms with Crippen molar-refractivity contribution in [1.82, 2.24) is 0 Å². The van der Waals surface area contributed by atoms with Crippen molar-refractivity contribution < 1.29 is 18.9 Å². The van der Waals surface area contributed by atoms with E-state index in [0.717, 1.165) is 85.5 Å². The van der Waals surface area contributed by atoms with Gasteiger partial charge in [0.2, 0.25) is 0 Å². The summed E-state index contributed by atoms with van der Waals surface area (Å²) in [4.78, 5) is 2.36. The molecule has 0 saturated heterocycles. The molecule has 3 aromatic rings. The van der Waals surface area contributed by atoms with E-state index in [1.165, 1.54) is 32.0 Å². The van der Waals surface area contributed by atoms with Crippen molar-refractivity contribution in [3.05, 3.63) is 46.5 Å². The van der Waals surface area contributed by atoms with Gasteiger partial charge in [-0.05, 0) is 153 Å². The molecule has 0 fully saturated rings. The van der Waals surface area contributed by atoms with Crippen molar-refractivity contribution in [2.45, 2.75) is 129 Å². The lowest BCUT2D eigenvalue weighted by molar-refractivity contribution is 0.0746. The quantitative estimate of drug-likeness (QED) is 0.306. The van der Waals surface area contributed by atoms with Crippen LogP contribution in [0, 0.1) is 0 Å². The van der Waals surface area contributed by atoms with E-state index in [1.54, 1.807) is 0 Å². The van der Waals surface area contributed by atoms with Gasteiger partial charge >= 0.3 is 0 Å². The van der Waals surface area contributed by atoms with Crippen molar-refractivity contribution in [3.8, 4) is 43.9 Å². The molecule has 4 aliphatic rings. The largest absolute Gasteiger partial charge is 0.487 e. The Bertz CT molecular complexity index is 1350. The van der Waals surface area contributed by atoms with E-state index in [0.29, 0.717) is 0 Å². The number of ether oxygens (including phenoxy) is 4. The summed E-state index contributed by atoms with van der Waals surface area (Å²) in [7, 11) is 0. The molecule has 0 atom stereocenters.